The number of anilines is 1. The van der Waals surface area contributed by atoms with Gasteiger partial charge in [-0.2, -0.15) is 0 Å². The van der Waals surface area contributed by atoms with Crippen LogP contribution in [0.25, 0.3) is 10.9 Å². The van der Waals surface area contributed by atoms with Crippen molar-refractivity contribution in [1.82, 2.24) is 10.3 Å². The lowest BCUT2D eigenvalue weighted by Crippen LogP contribution is -2.46. The number of hydrogen-bond donors (Lipinski definition) is 4. The lowest BCUT2D eigenvalue weighted by atomic mass is 9.92. The summed E-state index contributed by atoms with van der Waals surface area (Å²) in [6.07, 6.45) is 1.46. The Morgan fingerprint density at radius 1 is 1.46 bits per heavy atom. The minimum absolute atomic E-state index is 0.0109. The number of pyridine rings is 1. The third-order valence-corrected chi connectivity index (χ3v) is 4.72. The van der Waals surface area contributed by atoms with Crippen LogP contribution in [0.3, 0.4) is 0 Å². The number of carbonyl (C=O) groups is 1. The summed E-state index contributed by atoms with van der Waals surface area (Å²) in [6.45, 7) is 5.68. The Morgan fingerprint density at radius 3 is 2.77 bits per heavy atom. The van der Waals surface area contributed by atoms with Crippen molar-refractivity contribution >= 4 is 22.6 Å². The molecule has 5 N–H and O–H groups in total. The second-order valence-electron chi connectivity index (χ2n) is 7.56. The molecule has 0 radical (unpaired) electrons. The zero-order valence-electron chi connectivity index (χ0n) is 15.2. The van der Waals surface area contributed by atoms with Crippen molar-refractivity contribution in [3.8, 4) is 5.75 Å². The van der Waals surface area contributed by atoms with E-state index in [1.165, 1.54) is 0 Å². The minimum Gasteiger partial charge on any atom is -0.492 e. The Balaban J connectivity index is 1.90. The first-order valence-corrected chi connectivity index (χ1v) is 8.69. The number of fused-ring (bicyclic) bond motifs is 1. The molecule has 0 amide bonds. The number of nitrogen functional groups attached to an aromatic ring is 1. The van der Waals surface area contributed by atoms with E-state index >= 15 is 0 Å². The van der Waals surface area contributed by atoms with Gasteiger partial charge in [-0.05, 0) is 31.9 Å². The summed E-state index contributed by atoms with van der Waals surface area (Å²) < 4.78 is 5.95. The van der Waals surface area contributed by atoms with Crippen LogP contribution in [0.4, 0.5) is 5.69 Å². The van der Waals surface area contributed by atoms with E-state index in [0.717, 1.165) is 12.8 Å². The van der Waals surface area contributed by atoms with Crippen LogP contribution in [0.1, 0.15) is 42.7 Å². The fourth-order valence-corrected chi connectivity index (χ4v) is 2.87. The molecule has 7 heteroatoms. The van der Waals surface area contributed by atoms with Gasteiger partial charge in [-0.25, -0.2) is 4.79 Å². The molecule has 26 heavy (non-hydrogen) atoms. The maximum absolute atomic E-state index is 11.5. The molecule has 1 unspecified atom stereocenters. The maximum atomic E-state index is 11.5. The number of benzene rings is 1. The molecule has 1 saturated carbocycles. The highest BCUT2D eigenvalue weighted by Crippen LogP contribution is 2.34. The molecule has 0 aliphatic heterocycles. The molecule has 1 atom stereocenters. The number of aromatic carboxylic acids is 1. The van der Waals surface area contributed by atoms with Crippen molar-refractivity contribution in [2.75, 3.05) is 12.3 Å². The number of aryl methyl sites for hydroxylation is 1. The van der Waals surface area contributed by atoms with Gasteiger partial charge in [0, 0.05) is 11.5 Å². The molecule has 1 aliphatic rings. The number of ether oxygens (including phenoxy) is 1. The van der Waals surface area contributed by atoms with Gasteiger partial charge in [0.2, 0.25) is 0 Å². The third kappa shape index (κ3) is 3.59. The smallest absolute Gasteiger partial charge is 0.339 e. The van der Waals surface area contributed by atoms with Crippen LogP contribution in [-0.2, 0) is 0 Å². The predicted octanol–water partition coefficient (Wildman–Crippen LogP) is 2.30. The van der Waals surface area contributed by atoms with Crippen molar-refractivity contribution in [3.05, 3.63) is 29.5 Å². The van der Waals surface area contributed by atoms with E-state index in [1.807, 2.05) is 13.8 Å². The second kappa shape index (κ2) is 6.74. The van der Waals surface area contributed by atoms with E-state index in [4.69, 9.17) is 10.5 Å². The van der Waals surface area contributed by atoms with Crippen molar-refractivity contribution in [2.45, 2.75) is 45.9 Å². The number of aromatic nitrogens is 1. The number of aliphatic hydroxyl groups excluding tert-OH is 1. The summed E-state index contributed by atoms with van der Waals surface area (Å²) in [5.74, 6) is -0.657. The van der Waals surface area contributed by atoms with Gasteiger partial charge in [0.15, 0.2) is 0 Å². The third-order valence-electron chi connectivity index (χ3n) is 4.72. The van der Waals surface area contributed by atoms with Gasteiger partial charge in [-0.15, -0.1) is 0 Å². The number of aliphatic hydroxyl groups is 1. The van der Waals surface area contributed by atoms with Gasteiger partial charge in [-0.3, -0.25) is 10.3 Å². The van der Waals surface area contributed by atoms with Crippen molar-refractivity contribution in [1.29, 1.82) is 0 Å². The molecule has 140 valence electrons. The molecule has 1 aromatic carbocycles. The molecular formula is C19H25N3O4. The number of hydrogen-bond acceptors (Lipinski definition) is 6. The molecular weight excluding hydrogens is 334 g/mol. The number of carboxylic acids is 1. The van der Waals surface area contributed by atoms with Crippen LogP contribution in [0.15, 0.2) is 18.2 Å². The topological polar surface area (TPSA) is 118 Å². The largest absolute Gasteiger partial charge is 0.492 e. The Bertz CT molecular complexity index is 846. The summed E-state index contributed by atoms with van der Waals surface area (Å²) in [4.78, 5) is 15.9. The highest BCUT2D eigenvalue weighted by molar-refractivity contribution is 6.06. The Labute approximate surface area is 152 Å². The zero-order chi connectivity index (χ0) is 19.1. The Morgan fingerprint density at radius 2 is 2.15 bits per heavy atom. The highest BCUT2D eigenvalue weighted by Gasteiger charge is 2.34. The lowest BCUT2D eigenvalue weighted by molar-refractivity contribution is -0.00825. The average molecular weight is 359 g/mol. The minimum atomic E-state index is -1.12. The summed E-state index contributed by atoms with van der Waals surface area (Å²) in [5.41, 5.74) is 6.68. The zero-order valence-corrected chi connectivity index (χ0v) is 15.2. The van der Waals surface area contributed by atoms with Gasteiger partial charge >= 0.3 is 5.97 Å². The van der Waals surface area contributed by atoms with Crippen LogP contribution >= 0.6 is 0 Å². The molecule has 2 aromatic rings. The van der Waals surface area contributed by atoms with Crippen LogP contribution < -0.4 is 15.8 Å². The lowest BCUT2D eigenvalue weighted by Gasteiger charge is -2.31. The number of rotatable bonds is 7. The van der Waals surface area contributed by atoms with Crippen molar-refractivity contribution in [3.63, 3.8) is 0 Å². The molecule has 1 aromatic heterocycles. The van der Waals surface area contributed by atoms with Crippen LogP contribution in [0.2, 0.25) is 0 Å². The predicted molar refractivity (Wildman–Crippen MR) is 99.3 cm³/mol. The first kappa shape index (κ1) is 18.4. The summed E-state index contributed by atoms with van der Waals surface area (Å²) in [5, 5.41) is 23.5. The molecule has 1 aliphatic carbocycles. The van der Waals surface area contributed by atoms with E-state index in [2.05, 4.69) is 10.3 Å². The first-order valence-electron chi connectivity index (χ1n) is 8.69. The number of nitrogens with zero attached hydrogens (tertiary/aromatic N) is 1. The summed E-state index contributed by atoms with van der Waals surface area (Å²) in [6, 6.07) is 5.67. The van der Waals surface area contributed by atoms with Crippen LogP contribution in [0, 0.1) is 12.3 Å². The molecule has 0 saturated heterocycles. The van der Waals surface area contributed by atoms with Crippen molar-refractivity contribution in [2.24, 2.45) is 5.41 Å². The molecule has 7 nitrogen and oxygen atoms in total. The van der Waals surface area contributed by atoms with E-state index in [9.17, 15) is 15.0 Å². The van der Waals surface area contributed by atoms with Gasteiger partial charge in [0.05, 0.1) is 28.9 Å². The van der Waals surface area contributed by atoms with E-state index in [0.29, 0.717) is 28.4 Å². The van der Waals surface area contributed by atoms with Gasteiger partial charge < -0.3 is 20.7 Å². The number of nitrogens with one attached hydrogen (secondary N) is 1. The van der Waals surface area contributed by atoms with Gasteiger partial charge in [0.1, 0.15) is 17.5 Å². The first-order chi connectivity index (χ1) is 12.2. The standard InChI is InChI=1S/C19H25N3O4/c1-10-14(17(23)24)16(20)15-12(21-10)5-4-6-13(15)26-9-19(2,3)18(25)22-11-7-8-11/h4-6,11,18,22,25H,7-9H2,1-3H3,(H2,20,21)(H,23,24). The SMILES string of the molecule is Cc1nc2cccc(OCC(C)(C)C(O)NC3CC3)c2c(N)c1C(=O)O. The van der Waals surface area contributed by atoms with Gasteiger partial charge in [-0.1, -0.05) is 19.9 Å². The molecule has 3 rings (SSSR count). The fraction of sp³-hybridized carbons (Fsp3) is 0.474. The Hall–Kier alpha value is -2.38. The van der Waals surface area contributed by atoms with E-state index in [-0.39, 0.29) is 17.9 Å². The molecule has 0 bridgehead atoms. The average Bonchev–Trinajstić information content (AvgIpc) is 3.36. The van der Waals surface area contributed by atoms with Crippen molar-refractivity contribution < 1.29 is 19.7 Å². The van der Waals surface area contributed by atoms with Gasteiger partial charge in [0.25, 0.3) is 0 Å². The maximum Gasteiger partial charge on any atom is 0.339 e. The quantitative estimate of drug-likeness (QED) is 0.560. The molecule has 0 spiro atoms. The highest BCUT2D eigenvalue weighted by atomic mass is 16.5. The van der Waals surface area contributed by atoms with Crippen LogP contribution in [-0.4, -0.2) is 40.0 Å². The number of nitrogens with two attached hydrogens (primary N) is 1. The summed E-state index contributed by atoms with van der Waals surface area (Å²) >= 11 is 0. The summed E-state index contributed by atoms with van der Waals surface area (Å²) in [7, 11) is 0. The normalized spacial score (nSPS) is 15.8. The van der Waals surface area contributed by atoms with E-state index < -0.39 is 17.6 Å². The van der Waals surface area contributed by atoms with Crippen LogP contribution in [0.5, 0.6) is 5.75 Å². The number of carboxylic acid groups (broad SMARTS) is 1. The molecule has 1 heterocycles. The second-order valence-corrected chi connectivity index (χ2v) is 7.56. The molecule has 1 fully saturated rings. The fourth-order valence-electron chi connectivity index (χ4n) is 2.87. The monoisotopic (exact) mass is 359 g/mol. The Kier molecular flexibility index (Phi) is 4.77. The van der Waals surface area contributed by atoms with E-state index in [1.54, 1.807) is 25.1 Å².